The van der Waals surface area contributed by atoms with Gasteiger partial charge in [0.2, 0.25) is 5.89 Å². The Morgan fingerprint density at radius 1 is 1.03 bits per heavy atom. The van der Waals surface area contributed by atoms with Crippen molar-refractivity contribution in [2.75, 3.05) is 7.11 Å². The van der Waals surface area contributed by atoms with Crippen molar-refractivity contribution in [3.63, 3.8) is 0 Å². The number of ether oxygens (including phenoxy) is 2. The number of carbonyl (C=O) groups excluding carboxylic acids is 1. The van der Waals surface area contributed by atoms with Crippen molar-refractivity contribution in [2.45, 2.75) is 13.0 Å². The van der Waals surface area contributed by atoms with Gasteiger partial charge in [-0.15, -0.1) is 0 Å². The minimum Gasteiger partial charge on any atom is -0.497 e. The van der Waals surface area contributed by atoms with E-state index in [9.17, 15) is 4.79 Å². The van der Waals surface area contributed by atoms with Gasteiger partial charge in [0.05, 0.1) is 12.7 Å². The zero-order chi connectivity index (χ0) is 22.1. The molecule has 2 heterocycles. The van der Waals surface area contributed by atoms with E-state index in [1.54, 1.807) is 31.4 Å². The van der Waals surface area contributed by atoms with E-state index in [0.717, 1.165) is 16.9 Å². The van der Waals surface area contributed by atoms with Crippen molar-refractivity contribution >= 4 is 28.5 Å². The van der Waals surface area contributed by atoms with Crippen LogP contribution in [0.15, 0.2) is 88.9 Å². The fourth-order valence-electron chi connectivity index (χ4n) is 3.72. The Balaban J connectivity index is 1.66. The standard InChI is InChI=1S/C27H21NO4/c1-17-20(14-18-8-3-5-12-24(18)31-17)16-22(26(29)19-9-7-10-21(15-19)30-2)27-28-23-11-4-6-13-25(23)32-27/h3-17H,1-2H3/b22-16-. The molecule has 1 aliphatic heterocycles. The first kappa shape index (κ1) is 19.8. The van der Waals surface area contributed by atoms with E-state index in [4.69, 9.17) is 13.9 Å². The number of methoxy groups -OCH3 is 1. The Kier molecular flexibility index (Phi) is 5.07. The maximum Gasteiger partial charge on any atom is 0.231 e. The molecule has 0 saturated heterocycles. The minimum absolute atomic E-state index is 0.206. The zero-order valence-corrected chi connectivity index (χ0v) is 17.7. The minimum atomic E-state index is -0.234. The van der Waals surface area contributed by atoms with Crippen LogP contribution in [0.3, 0.4) is 0 Å². The number of nitrogens with zero attached hydrogens (tertiary/aromatic N) is 1. The van der Waals surface area contributed by atoms with Crippen molar-refractivity contribution in [3.8, 4) is 11.5 Å². The van der Waals surface area contributed by atoms with E-state index in [1.165, 1.54) is 0 Å². The number of rotatable bonds is 5. The van der Waals surface area contributed by atoms with Gasteiger partial charge in [0.1, 0.15) is 23.1 Å². The summed E-state index contributed by atoms with van der Waals surface area (Å²) in [6, 6.07) is 22.3. The number of Topliss-reactive ketones (excluding diaryl/α,β-unsaturated/α-hetero) is 1. The lowest BCUT2D eigenvalue weighted by molar-refractivity contribution is 0.105. The molecule has 0 amide bonds. The van der Waals surface area contributed by atoms with Crippen molar-refractivity contribution in [3.05, 3.63) is 101 Å². The van der Waals surface area contributed by atoms with Gasteiger partial charge in [0.25, 0.3) is 0 Å². The van der Waals surface area contributed by atoms with Crippen LogP contribution in [0.2, 0.25) is 0 Å². The topological polar surface area (TPSA) is 61.6 Å². The number of oxazole rings is 1. The van der Waals surface area contributed by atoms with Gasteiger partial charge < -0.3 is 13.9 Å². The van der Waals surface area contributed by atoms with Gasteiger partial charge in [-0.1, -0.05) is 42.5 Å². The summed E-state index contributed by atoms with van der Waals surface area (Å²) in [5.41, 5.74) is 3.98. The maximum absolute atomic E-state index is 13.6. The Morgan fingerprint density at radius 2 is 1.84 bits per heavy atom. The summed E-state index contributed by atoms with van der Waals surface area (Å²) in [6.07, 6.45) is 3.61. The Morgan fingerprint density at radius 3 is 2.69 bits per heavy atom. The molecule has 1 aromatic heterocycles. The van der Waals surface area contributed by atoms with Gasteiger partial charge in [-0.25, -0.2) is 4.98 Å². The van der Waals surface area contributed by atoms with Crippen LogP contribution in [0.5, 0.6) is 11.5 Å². The van der Waals surface area contributed by atoms with Crippen LogP contribution in [0, 0.1) is 0 Å². The third kappa shape index (κ3) is 3.69. The Hall–Kier alpha value is -4.12. The normalized spacial score (nSPS) is 15.6. The summed E-state index contributed by atoms with van der Waals surface area (Å²) in [6.45, 7) is 1.96. The monoisotopic (exact) mass is 423 g/mol. The zero-order valence-electron chi connectivity index (χ0n) is 17.7. The fourth-order valence-corrected chi connectivity index (χ4v) is 3.72. The second-order valence-corrected chi connectivity index (χ2v) is 7.55. The quantitative estimate of drug-likeness (QED) is 0.292. The molecule has 1 aliphatic rings. The number of aromatic nitrogens is 1. The Labute approximate surface area is 185 Å². The second kappa shape index (κ2) is 8.19. The molecule has 4 aromatic rings. The highest BCUT2D eigenvalue weighted by Crippen LogP contribution is 2.33. The van der Waals surface area contributed by atoms with Crippen LogP contribution < -0.4 is 9.47 Å². The smallest absolute Gasteiger partial charge is 0.231 e. The molecule has 32 heavy (non-hydrogen) atoms. The molecular weight excluding hydrogens is 402 g/mol. The van der Waals surface area contributed by atoms with Crippen LogP contribution in [0.1, 0.15) is 28.7 Å². The molecule has 1 unspecified atom stereocenters. The molecule has 0 bridgehead atoms. The fraction of sp³-hybridized carbons (Fsp3) is 0.111. The van der Waals surface area contributed by atoms with Gasteiger partial charge in [0, 0.05) is 11.1 Å². The van der Waals surface area contributed by atoms with E-state index >= 15 is 0 Å². The number of allylic oxidation sites excluding steroid dienone is 1. The average Bonchev–Trinajstić information content (AvgIpc) is 3.26. The molecule has 0 radical (unpaired) electrons. The van der Waals surface area contributed by atoms with Gasteiger partial charge in [0.15, 0.2) is 11.4 Å². The van der Waals surface area contributed by atoms with E-state index in [-0.39, 0.29) is 17.8 Å². The van der Waals surface area contributed by atoms with Gasteiger partial charge in [-0.3, -0.25) is 4.79 Å². The highest BCUT2D eigenvalue weighted by Gasteiger charge is 2.24. The molecular formula is C27H21NO4. The molecule has 0 aliphatic carbocycles. The highest BCUT2D eigenvalue weighted by atomic mass is 16.5. The van der Waals surface area contributed by atoms with Crippen LogP contribution in [-0.2, 0) is 0 Å². The summed E-state index contributed by atoms with van der Waals surface area (Å²) in [5.74, 6) is 1.49. The van der Waals surface area contributed by atoms with Crippen LogP contribution in [0.4, 0.5) is 0 Å². The molecule has 0 spiro atoms. The van der Waals surface area contributed by atoms with Gasteiger partial charge in [-0.05, 0) is 55.0 Å². The van der Waals surface area contributed by atoms with E-state index in [0.29, 0.717) is 28.0 Å². The molecule has 5 rings (SSSR count). The first-order chi connectivity index (χ1) is 15.6. The predicted molar refractivity (Wildman–Crippen MR) is 124 cm³/mol. The summed E-state index contributed by atoms with van der Waals surface area (Å²) < 4.78 is 17.3. The molecule has 1 atom stereocenters. The maximum atomic E-state index is 13.6. The van der Waals surface area contributed by atoms with Crippen molar-refractivity contribution in [2.24, 2.45) is 0 Å². The van der Waals surface area contributed by atoms with Crippen LogP contribution in [0.25, 0.3) is 22.7 Å². The molecule has 158 valence electrons. The molecule has 0 N–H and O–H groups in total. The van der Waals surface area contributed by atoms with Gasteiger partial charge >= 0.3 is 0 Å². The van der Waals surface area contributed by atoms with Crippen LogP contribution >= 0.6 is 0 Å². The lowest BCUT2D eigenvalue weighted by Gasteiger charge is -2.23. The lowest BCUT2D eigenvalue weighted by Crippen LogP contribution is -2.18. The van der Waals surface area contributed by atoms with Crippen LogP contribution in [-0.4, -0.2) is 24.0 Å². The second-order valence-electron chi connectivity index (χ2n) is 7.55. The first-order valence-electron chi connectivity index (χ1n) is 10.4. The largest absolute Gasteiger partial charge is 0.497 e. The van der Waals surface area contributed by atoms with E-state index in [1.807, 2.05) is 67.6 Å². The number of para-hydroxylation sites is 3. The molecule has 0 fully saturated rings. The number of hydrogen-bond acceptors (Lipinski definition) is 5. The Bertz CT molecular complexity index is 1350. The molecule has 3 aromatic carbocycles. The van der Waals surface area contributed by atoms with E-state index < -0.39 is 0 Å². The van der Waals surface area contributed by atoms with Crippen molar-refractivity contribution in [1.82, 2.24) is 4.98 Å². The number of fused-ring (bicyclic) bond motifs is 2. The summed E-state index contributed by atoms with van der Waals surface area (Å²) in [4.78, 5) is 18.2. The van der Waals surface area contributed by atoms with Gasteiger partial charge in [-0.2, -0.15) is 0 Å². The van der Waals surface area contributed by atoms with E-state index in [2.05, 4.69) is 4.98 Å². The predicted octanol–water partition coefficient (Wildman–Crippen LogP) is 5.97. The molecule has 5 heteroatoms. The van der Waals surface area contributed by atoms with Crippen molar-refractivity contribution in [1.29, 1.82) is 0 Å². The van der Waals surface area contributed by atoms with Crippen molar-refractivity contribution < 1.29 is 18.7 Å². The summed E-state index contributed by atoms with van der Waals surface area (Å²) >= 11 is 0. The highest BCUT2D eigenvalue weighted by molar-refractivity contribution is 6.28. The first-order valence-corrected chi connectivity index (χ1v) is 10.4. The SMILES string of the molecule is COc1cccc(C(=O)/C(=C/C2=Cc3ccccc3OC2C)c2nc3ccccc3o2)c1. The third-order valence-corrected chi connectivity index (χ3v) is 5.43. The molecule has 0 saturated carbocycles. The lowest BCUT2D eigenvalue weighted by atomic mass is 9.96. The number of hydrogen-bond donors (Lipinski definition) is 0. The number of ketones is 1. The summed E-state index contributed by atoms with van der Waals surface area (Å²) in [7, 11) is 1.57. The number of carbonyl (C=O) groups is 1. The third-order valence-electron chi connectivity index (χ3n) is 5.43. The number of benzene rings is 3. The molecule has 5 nitrogen and oxygen atoms in total. The average molecular weight is 423 g/mol. The summed E-state index contributed by atoms with van der Waals surface area (Å²) in [5, 5.41) is 0.